The molecule has 1 heterocycles. The number of nitrogens with zero attached hydrogens (tertiary/aromatic N) is 3. The third-order valence-electron chi connectivity index (χ3n) is 3.99. The molecule has 1 aliphatic heterocycles. The largest absolute Gasteiger partial charge is 0.504 e. The number of hydrogen-bond acceptors (Lipinski definition) is 5. The number of diazo groups is 1. The van der Waals surface area contributed by atoms with Crippen LogP contribution >= 0.6 is 0 Å². The minimum atomic E-state index is -0.730. The van der Waals surface area contributed by atoms with Gasteiger partial charge in [0.2, 0.25) is 17.1 Å². The number of hydrogen-bond donors (Lipinski definition) is 2. The summed E-state index contributed by atoms with van der Waals surface area (Å²) in [5.74, 6) is -0.674. The smallest absolute Gasteiger partial charge is 0.410 e. The topological polar surface area (TPSA) is 107 Å². The lowest BCUT2D eigenvalue weighted by Crippen LogP contribution is -2.48. The number of likely N-dealkylation sites (tertiary alicyclic amines) is 1. The summed E-state index contributed by atoms with van der Waals surface area (Å²) in [6, 6.07) is 7.91. The van der Waals surface area contributed by atoms with Crippen molar-refractivity contribution in [3.63, 3.8) is 0 Å². The summed E-state index contributed by atoms with van der Waals surface area (Å²) in [5.41, 5.74) is 0.868. The molecule has 132 valence electrons. The highest BCUT2D eigenvalue weighted by Crippen LogP contribution is 2.19. The fourth-order valence-electron chi connectivity index (χ4n) is 2.61. The van der Waals surface area contributed by atoms with Gasteiger partial charge in [0.25, 0.3) is 0 Å². The maximum Gasteiger partial charge on any atom is 0.410 e. The summed E-state index contributed by atoms with van der Waals surface area (Å²) < 4.78 is 5.28. The molecule has 2 atom stereocenters. The zero-order valence-electron chi connectivity index (χ0n) is 14.0. The fraction of sp³-hybridized carbons (Fsp3) is 0.412. The minimum absolute atomic E-state index is 0.141. The molecule has 0 unspecified atom stereocenters. The van der Waals surface area contributed by atoms with Crippen molar-refractivity contribution in [3.8, 4) is 0 Å². The van der Waals surface area contributed by atoms with E-state index in [0.717, 1.165) is 11.8 Å². The van der Waals surface area contributed by atoms with Crippen molar-refractivity contribution in [2.45, 2.75) is 38.5 Å². The number of rotatable bonds is 5. The summed E-state index contributed by atoms with van der Waals surface area (Å²) in [6.45, 7) is 2.12. The van der Waals surface area contributed by atoms with Gasteiger partial charge in [-0.1, -0.05) is 30.3 Å². The standard InChI is InChI=1S/C17H20N4O4/c1-12(15(22)10-19-18)20-16(23)14-8-5-9-21(14)17(24)25-11-13-6-3-2-4-7-13/h2-4,6-7,10,12,14H,5,8-9,11H2,1H3,(H-,20,22,23)/p+1/b15-10-/t12-,14-/m0/s1. The second-order valence-electron chi connectivity index (χ2n) is 5.79. The molecular formula is C17H21N4O4+. The van der Waals surface area contributed by atoms with E-state index in [9.17, 15) is 14.7 Å². The van der Waals surface area contributed by atoms with Crippen LogP contribution in [-0.2, 0) is 16.1 Å². The van der Waals surface area contributed by atoms with Crippen LogP contribution in [0.15, 0.2) is 42.3 Å². The lowest BCUT2D eigenvalue weighted by atomic mass is 10.2. The molecule has 2 amide bonds. The molecule has 8 heteroatoms. The van der Waals surface area contributed by atoms with Crippen LogP contribution in [0.4, 0.5) is 4.79 Å². The molecule has 1 aliphatic rings. The van der Waals surface area contributed by atoms with Crippen LogP contribution in [0.2, 0.25) is 0 Å². The average molecular weight is 345 g/mol. The molecule has 2 rings (SSSR count). The molecule has 1 fully saturated rings. The zero-order chi connectivity index (χ0) is 18.2. The van der Waals surface area contributed by atoms with Crippen LogP contribution in [0.1, 0.15) is 25.3 Å². The first kappa shape index (κ1) is 18.3. The predicted molar refractivity (Wildman–Crippen MR) is 89.8 cm³/mol. The summed E-state index contributed by atoms with van der Waals surface area (Å²) in [5, 5.41) is 20.6. The molecule has 0 bridgehead atoms. The van der Waals surface area contributed by atoms with E-state index in [0.29, 0.717) is 19.4 Å². The van der Waals surface area contributed by atoms with Gasteiger partial charge in [-0.15, -0.1) is 0 Å². The normalized spacial score (nSPS) is 18.3. The fourth-order valence-corrected chi connectivity index (χ4v) is 2.61. The number of benzene rings is 1. The molecule has 0 saturated carbocycles. The van der Waals surface area contributed by atoms with Gasteiger partial charge in [0.05, 0.1) is 6.04 Å². The van der Waals surface area contributed by atoms with E-state index in [-0.39, 0.29) is 18.3 Å². The quantitative estimate of drug-likeness (QED) is 0.630. The zero-order valence-corrected chi connectivity index (χ0v) is 14.0. The van der Waals surface area contributed by atoms with Gasteiger partial charge in [-0.3, -0.25) is 9.69 Å². The lowest BCUT2D eigenvalue weighted by molar-refractivity contribution is -0.125. The molecule has 8 nitrogen and oxygen atoms in total. The molecular weight excluding hydrogens is 324 g/mol. The molecule has 1 saturated heterocycles. The van der Waals surface area contributed by atoms with Crippen LogP contribution in [0.25, 0.3) is 4.98 Å². The van der Waals surface area contributed by atoms with Gasteiger partial charge < -0.3 is 15.2 Å². The van der Waals surface area contributed by atoms with Crippen molar-refractivity contribution in [1.82, 2.24) is 10.2 Å². The first-order chi connectivity index (χ1) is 12.0. The highest BCUT2D eigenvalue weighted by Gasteiger charge is 2.36. The Morgan fingerprint density at radius 2 is 2.20 bits per heavy atom. The highest BCUT2D eigenvalue weighted by molar-refractivity contribution is 5.86. The van der Waals surface area contributed by atoms with E-state index in [1.165, 1.54) is 4.90 Å². The summed E-state index contributed by atoms with van der Waals surface area (Å²) in [7, 11) is 0. The van der Waals surface area contributed by atoms with Gasteiger partial charge in [-0.25, -0.2) is 4.79 Å². The SMILES string of the molecule is C[C@H](NC(=O)[C@@H]1CCCN1C(=O)OCc1ccccc1)/C(O)=C/[N+]#N. The van der Waals surface area contributed by atoms with Crippen molar-refractivity contribution >= 4 is 12.0 Å². The third kappa shape index (κ3) is 4.94. The molecule has 1 aromatic carbocycles. The number of carbonyl (C=O) groups is 2. The second-order valence-corrected chi connectivity index (χ2v) is 5.79. The Labute approximate surface area is 145 Å². The third-order valence-corrected chi connectivity index (χ3v) is 3.99. The number of aliphatic hydroxyl groups excluding tert-OH is 1. The Kier molecular flexibility index (Phi) is 6.34. The highest BCUT2D eigenvalue weighted by atomic mass is 16.6. The van der Waals surface area contributed by atoms with E-state index in [1.54, 1.807) is 6.92 Å². The summed E-state index contributed by atoms with van der Waals surface area (Å²) in [6.07, 6.45) is 1.51. The van der Waals surface area contributed by atoms with Gasteiger partial charge in [-0.05, 0) is 25.3 Å². The molecule has 0 aromatic heterocycles. The molecule has 25 heavy (non-hydrogen) atoms. The average Bonchev–Trinajstić information content (AvgIpc) is 3.10. The van der Waals surface area contributed by atoms with Gasteiger partial charge in [0.1, 0.15) is 12.6 Å². The minimum Gasteiger partial charge on any atom is -0.504 e. The number of ether oxygens (including phenoxy) is 1. The Morgan fingerprint density at radius 1 is 1.48 bits per heavy atom. The number of amides is 2. The Bertz CT molecular complexity index is 684. The van der Waals surface area contributed by atoms with Crippen molar-refractivity contribution in [1.29, 1.82) is 5.39 Å². The Morgan fingerprint density at radius 3 is 2.88 bits per heavy atom. The lowest BCUT2D eigenvalue weighted by Gasteiger charge is -2.24. The summed E-state index contributed by atoms with van der Waals surface area (Å²) in [4.78, 5) is 28.7. The van der Waals surface area contributed by atoms with Crippen LogP contribution in [-0.4, -0.2) is 40.6 Å². The van der Waals surface area contributed by atoms with Gasteiger partial charge in [-0.2, -0.15) is 0 Å². The molecule has 2 N–H and O–H groups in total. The van der Waals surface area contributed by atoms with Gasteiger partial charge in [0, 0.05) is 6.54 Å². The van der Waals surface area contributed by atoms with Crippen molar-refractivity contribution in [3.05, 3.63) is 52.8 Å². The van der Waals surface area contributed by atoms with Gasteiger partial charge in [0.15, 0.2) is 4.98 Å². The van der Waals surface area contributed by atoms with Crippen molar-refractivity contribution in [2.24, 2.45) is 0 Å². The maximum atomic E-state index is 12.4. The van der Waals surface area contributed by atoms with E-state index < -0.39 is 18.2 Å². The van der Waals surface area contributed by atoms with Crippen LogP contribution in [0.3, 0.4) is 0 Å². The van der Waals surface area contributed by atoms with Crippen molar-refractivity contribution < 1.29 is 19.4 Å². The number of nitrogens with one attached hydrogen (secondary N) is 1. The van der Waals surface area contributed by atoms with Crippen LogP contribution in [0, 0.1) is 5.39 Å². The Hall–Kier alpha value is -3.08. The van der Waals surface area contributed by atoms with E-state index >= 15 is 0 Å². The molecule has 0 radical (unpaired) electrons. The number of aliphatic hydroxyl groups is 1. The molecule has 0 aliphatic carbocycles. The maximum absolute atomic E-state index is 12.4. The number of carbonyl (C=O) groups excluding carboxylic acids is 2. The molecule has 0 spiro atoms. The van der Waals surface area contributed by atoms with Crippen molar-refractivity contribution in [2.75, 3.05) is 6.54 Å². The van der Waals surface area contributed by atoms with Crippen LogP contribution < -0.4 is 5.32 Å². The van der Waals surface area contributed by atoms with E-state index in [4.69, 9.17) is 10.1 Å². The first-order valence-electron chi connectivity index (χ1n) is 8.04. The van der Waals surface area contributed by atoms with Gasteiger partial charge >= 0.3 is 12.3 Å². The van der Waals surface area contributed by atoms with E-state index in [2.05, 4.69) is 10.3 Å². The summed E-state index contributed by atoms with van der Waals surface area (Å²) >= 11 is 0. The molecule has 1 aromatic rings. The van der Waals surface area contributed by atoms with Crippen LogP contribution in [0.5, 0.6) is 0 Å². The Balaban J connectivity index is 1.92. The monoisotopic (exact) mass is 345 g/mol. The second kappa shape index (κ2) is 8.68. The van der Waals surface area contributed by atoms with E-state index in [1.807, 2.05) is 30.3 Å². The first-order valence-corrected chi connectivity index (χ1v) is 8.04. The predicted octanol–water partition coefficient (Wildman–Crippen LogP) is 2.54.